The van der Waals surface area contributed by atoms with Gasteiger partial charge in [-0.2, -0.15) is 0 Å². The highest BCUT2D eigenvalue weighted by molar-refractivity contribution is 5.82. The summed E-state index contributed by atoms with van der Waals surface area (Å²) in [5, 5.41) is 3.02. The van der Waals surface area contributed by atoms with Gasteiger partial charge in [0, 0.05) is 24.8 Å². The number of nitrogens with one attached hydrogen (secondary N) is 1. The maximum atomic E-state index is 12.0. The molecule has 0 unspecified atom stereocenters. The molecule has 1 aromatic heterocycles. The van der Waals surface area contributed by atoms with E-state index in [0.717, 1.165) is 30.3 Å². The van der Waals surface area contributed by atoms with Gasteiger partial charge in [-0.1, -0.05) is 0 Å². The summed E-state index contributed by atoms with van der Waals surface area (Å²) in [6.45, 7) is 11.3. The molecule has 2 heterocycles. The first kappa shape index (κ1) is 13.8. The van der Waals surface area contributed by atoms with E-state index in [1.807, 2.05) is 34.6 Å². The van der Waals surface area contributed by atoms with Gasteiger partial charge in [0.15, 0.2) is 0 Å². The Hall–Kier alpha value is -1.65. The zero-order chi connectivity index (χ0) is 14.2. The molecule has 104 valence electrons. The number of amides is 1. The van der Waals surface area contributed by atoms with Crippen LogP contribution in [0.5, 0.6) is 0 Å². The summed E-state index contributed by atoms with van der Waals surface area (Å²) in [6, 6.07) is 0. The molecule has 2 rings (SSSR count). The molecule has 5 heteroatoms. The first-order valence-corrected chi connectivity index (χ1v) is 6.63. The normalized spacial score (nSPS) is 16.2. The Morgan fingerprint density at radius 2 is 2.00 bits per heavy atom. The maximum absolute atomic E-state index is 12.0. The van der Waals surface area contributed by atoms with Gasteiger partial charge in [0.05, 0.1) is 17.3 Å². The smallest absolute Gasteiger partial charge is 0.227 e. The van der Waals surface area contributed by atoms with Crippen molar-refractivity contribution in [2.45, 2.75) is 40.2 Å². The Balaban J connectivity index is 1.96. The van der Waals surface area contributed by atoms with Crippen molar-refractivity contribution in [1.29, 1.82) is 0 Å². The molecule has 19 heavy (non-hydrogen) atoms. The van der Waals surface area contributed by atoms with Crippen LogP contribution in [-0.4, -0.2) is 34.5 Å². The summed E-state index contributed by atoms with van der Waals surface area (Å²) in [6.07, 6.45) is 1.77. The van der Waals surface area contributed by atoms with Gasteiger partial charge in [0.25, 0.3) is 0 Å². The SMILES string of the molecule is Cc1cnc(C)c(N2CC(C(=O)NC(C)(C)C)C2)n1. The molecule has 0 radical (unpaired) electrons. The molecule has 1 saturated heterocycles. The summed E-state index contributed by atoms with van der Waals surface area (Å²) in [4.78, 5) is 22.9. The van der Waals surface area contributed by atoms with Gasteiger partial charge < -0.3 is 10.2 Å². The van der Waals surface area contributed by atoms with Crippen LogP contribution < -0.4 is 10.2 Å². The third-order valence-corrected chi connectivity index (χ3v) is 3.10. The van der Waals surface area contributed by atoms with Crippen molar-refractivity contribution < 1.29 is 4.79 Å². The summed E-state index contributed by atoms with van der Waals surface area (Å²) in [7, 11) is 0. The van der Waals surface area contributed by atoms with Crippen LogP contribution in [0.25, 0.3) is 0 Å². The lowest BCUT2D eigenvalue weighted by Crippen LogP contribution is -2.57. The maximum Gasteiger partial charge on any atom is 0.227 e. The second kappa shape index (κ2) is 4.79. The first-order chi connectivity index (χ1) is 8.76. The quantitative estimate of drug-likeness (QED) is 0.876. The van der Waals surface area contributed by atoms with Gasteiger partial charge in [-0.05, 0) is 34.6 Å². The topological polar surface area (TPSA) is 58.1 Å². The molecule has 0 saturated carbocycles. The Kier molecular flexibility index (Phi) is 3.47. The lowest BCUT2D eigenvalue weighted by molar-refractivity contribution is -0.127. The number of carbonyl (C=O) groups is 1. The number of anilines is 1. The van der Waals surface area contributed by atoms with Crippen molar-refractivity contribution in [2.75, 3.05) is 18.0 Å². The molecule has 0 aromatic carbocycles. The van der Waals surface area contributed by atoms with Crippen LogP contribution in [0.1, 0.15) is 32.2 Å². The molecule has 0 aliphatic carbocycles. The van der Waals surface area contributed by atoms with Crippen LogP contribution in [0.4, 0.5) is 5.82 Å². The Labute approximate surface area is 114 Å². The van der Waals surface area contributed by atoms with E-state index in [-0.39, 0.29) is 17.4 Å². The van der Waals surface area contributed by atoms with E-state index in [1.165, 1.54) is 0 Å². The third kappa shape index (κ3) is 3.22. The number of aryl methyl sites for hydroxylation is 2. The van der Waals surface area contributed by atoms with E-state index in [9.17, 15) is 4.79 Å². The number of hydrogen-bond acceptors (Lipinski definition) is 4. The molecule has 1 N–H and O–H groups in total. The van der Waals surface area contributed by atoms with Crippen molar-refractivity contribution in [1.82, 2.24) is 15.3 Å². The third-order valence-electron chi connectivity index (χ3n) is 3.10. The fraction of sp³-hybridized carbons (Fsp3) is 0.643. The van der Waals surface area contributed by atoms with E-state index in [1.54, 1.807) is 6.20 Å². The Morgan fingerprint density at radius 3 is 2.58 bits per heavy atom. The predicted octanol–water partition coefficient (Wildman–Crippen LogP) is 1.44. The second-order valence-corrected chi connectivity index (χ2v) is 6.26. The van der Waals surface area contributed by atoms with Crippen LogP contribution in [0.3, 0.4) is 0 Å². The van der Waals surface area contributed by atoms with Crippen LogP contribution in [0.2, 0.25) is 0 Å². The van der Waals surface area contributed by atoms with Crippen molar-refractivity contribution in [2.24, 2.45) is 5.92 Å². The highest BCUT2D eigenvalue weighted by Gasteiger charge is 2.35. The zero-order valence-electron chi connectivity index (χ0n) is 12.3. The van der Waals surface area contributed by atoms with Gasteiger partial charge in [0.2, 0.25) is 5.91 Å². The molecule has 1 fully saturated rings. The second-order valence-electron chi connectivity index (χ2n) is 6.26. The van der Waals surface area contributed by atoms with Crippen LogP contribution in [0.15, 0.2) is 6.20 Å². The number of rotatable bonds is 2. The predicted molar refractivity (Wildman–Crippen MR) is 75.1 cm³/mol. The molecule has 1 aromatic rings. The minimum atomic E-state index is -0.170. The minimum absolute atomic E-state index is 0.0564. The monoisotopic (exact) mass is 262 g/mol. The van der Waals surface area contributed by atoms with Crippen molar-refractivity contribution in [3.63, 3.8) is 0 Å². The first-order valence-electron chi connectivity index (χ1n) is 6.63. The van der Waals surface area contributed by atoms with Gasteiger partial charge >= 0.3 is 0 Å². The Bertz CT molecular complexity index is 487. The van der Waals surface area contributed by atoms with Crippen molar-refractivity contribution in [3.05, 3.63) is 17.6 Å². The van der Waals surface area contributed by atoms with Gasteiger partial charge in [0.1, 0.15) is 5.82 Å². The average molecular weight is 262 g/mol. The molecule has 1 aliphatic heterocycles. The largest absolute Gasteiger partial charge is 0.353 e. The standard InChI is InChI=1S/C14H22N4O/c1-9-6-15-10(2)12(16-9)18-7-11(8-18)13(19)17-14(3,4)5/h6,11H,7-8H2,1-5H3,(H,17,19). The molecule has 1 aliphatic rings. The van der Waals surface area contributed by atoms with Crippen LogP contribution in [-0.2, 0) is 4.79 Å². The fourth-order valence-corrected chi connectivity index (χ4v) is 2.11. The number of hydrogen-bond donors (Lipinski definition) is 1. The fourth-order valence-electron chi connectivity index (χ4n) is 2.11. The molecule has 0 spiro atoms. The summed E-state index contributed by atoms with van der Waals surface area (Å²) in [5.74, 6) is 1.09. The van der Waals surface area contributed by atoms with Crippen LogP contribution >= 0.6 is 0 Å². The van der Waals surface area contributed by atoms with E-state index < -0.39 is 0 Å². The van der Waals surface area contributed by atoms with E-state index in [0.29, 0.717) is 0 Å². The van der Waals surface area contributed by atoms with E-state index >= 15 is 0 Å². The minimum Gasteiger partial charge on any atom is -0.353 e. The van der Waals surface area contributed by atoms with E-state index in [4.69, 9.17) is 0 Å². The van der Waals surface area contributed by atoms with Crippen LogP contribution in [0, 0.1) is 19.8 Å². The summed E-state index contributed by atoms with van der Waals surface area (Å²) < 4.78 is 0. The lowest BCUT2D eigenvalue weighted by Gasteiger charge is -2.40. The number of carbonyl (C=O) groups excluding carboxylic acids is 1. The average Bonchev–Trinajstić information content (AvgIpc) is 2.18. The Morgan fingerprint density at radius 1 is 1.37 bits per heavy atom. The van der Waals surface area contributed by atoms with Gasteiger partial charge in [-0.3, -0.25) is 9.78 Å². The van der Waals surface area contributed by atoms with Crippen molar-refractivity contribution in [3.8, 4) is 0 Å². The zero-order valence-corrected chi connectivity index (χ0v) is 12.3. The van der Waals surface area contributed by atoms with Crippen molar-refractivity contribution >= 4 is 11.7 Å². The molecule has 0 bridgehead atoms. The van der Waals surface area contributed by atoms with E-state index in [2.05, 4.69) is 20.2 Å². The number of aromatic nitrogens is 2. The molecule has 5 nitrogen and oxygen atoms in total. The van der Waals surface area contributed by atoms with Gasteiger partial charge in [-0.25, -0.2) is 4.98 Å². The molecular formula is C14H22N4O. The molecular weight excluding hydrogens is 240 g/mol. The van der Waals surface area contributed by atoms with Gasteiger partial charge in [-0.15, -0.1) is 0 Å². The number of nitrogens with zero attached hydrogens (tertiary/aromatic N) is 3. The summed E-state index contributed by atoms with van der Waals surface area (Å²) >= 11 is 0. The highest BCUT2D eigenvalue weighted by Crippen LogP contribution is 2.25. The summed E-state index contributed by atoms with van der Waals surface area (Å²) in [5.41, 5.74) is 1.65. The molecule has 1 amide bonds. The highest BCUT2D eigenvalue weighted by atomic mass is 16.2. The molecule has 0 atom stereocenters. The lowest BCUT2D eigenvalue weighted by atomic mass is 9.97.